The summed E-state index contributed by atoms with van der Waals surface area (Å²) in [5.41, 5.74) is 8.99. The molecule has 1 aliphatic heterocycles. The molecule has 1 aromatic heterocycles. The Balaban J connectivity index is 1.26. The fraction of sp³-hybridized carbons (Fsp3) is 0.447. The van der Waals surface area contributed by atoms with Gasteiger partial charge in [0.05, 0.1) is 12.1 Å². The minimum atomic E-state index is -1.59. The lowest BCUT2D eigenvalue weighted by Crippen LogP contribution is -2.61. The van der Waals surface area contributed by atoms with E-state index in [9.17, 15) is 44.1 Å². The summed E-state index contributed by atoms with van der Waals surface area (Å²) in [5.74, 6) is -4.80. The number of H-pyrrole nitrogens is 1. The first-order chi connectivity index (χ1) is 30.7. The zero-order valence-electron chi connectivity index (χ0n) is 35.9. The number of aliphatic hydroxyl groups is 1. The number of rotatable bonds is 20. The Labute approximate surface area is 371 Å². The maximum atomic E-state index is 14.7. The lowest BCUT2D eigenvalue weighted by atomic mass is 9.82. The van der Waals surface area contributed by atoms with E-state index in [2.05, 4.69) is 36.9 Å². The molecule has 0 spiro atoms. The Hall–Kier alpha value is -6.30. The van der Waals surface area contributed by atoms with Gasteiger partial charge in [0, 0.05) is 42.4 Å². The largest absolute Gasteiger partial charge is 0.508 e. The van der Waals surface area contributed by atoms with Gasteiger partial charge in [-0.2, -0.15) is 0 Å². The molecule has 0 bridgehead atoms. The fourth-order valence-electron chi connectivity index (χ4n) is 8.49. The zero-order chi connectivity index (χ0) is 45.8. The number of aromatic hydroxyl groups is 1. The number of para-hydroxylation sites is 1. The standard InChI is InChI=1S/C47H60N8O9/c1-27(56)41(46(62)54-40(47(63)64)24-28-8-3-2-4-9-28)55-45(61)38(22-29-13-17-32(48)18-14-29)52-44(60)39(25-31-26-50-35-11-6-5-10-34(31)35)53-43(59)37(23-30-15-19-33(57)20-16-30)51-42(58)36-12-7-21-49-36/h2-6,8-11,15-16,19-20,26-27,29,32,36-41,49-50,56-57H,7,12-14,17-18,21-25,48H2,1H3,(H,51,58)(H,52,60)(H,53,59)(H,54,62)(H,55,61)(H,63,64)/t27-,29?,32?,36+,37+,38+,39-,40+,41+/m1/s1. The maximum Gasteiger partial charge on any atom is 0.326 e. The van der Waals surface area contributed by atoms with Crippen LogP contribution in [0.25, 0.3) is 10.9 Å². The highest BCUT2D eigenvalue weighted by Gasteiger charge is 2.36. The van der Waals surface area contributed by atoms with Crippen LogP contribution in [-0.4, -0.2) is 111 Å². The van der Waals surface area contributed by atoms with Crippen LogP contribution in [0.15, 0.2) is 85.1 Å². The summed E-state index contributed by atoms with van der Waals surface area (Å²) in [7, 11) is 0. The highest BCUT2D eigenvalue weighted by molar-refractivity contribution is 5.97. The number of fused-ring (bicyclic) bond motifs is 1. The van der Waals surface area contributed by atoms with Gasteiger partial charge in [0.2, 0.25) is 29.5 Å². The molecule has 6 rings (SSSR count). The minimum Gasteiger partial charge on any atom is -0.508 e. The van der Waals surface area contributed by atoms with Crippen molar-refractivity contribution in [1.29, 1.82) is 0 Å². The second kappa shape index (κ2) is 22.4. The zero-order valence-corrected chi connectivity index (χ0v) is 35.9. The maximum absolute atomic E-state index is 14.7. The van der Waals surface area contributed by atoms with E-state index >= 15 is 0 Å². The number of amides is 5. The summed E-state index contributed by atoms with van der Waals surface area (Å²) in [6, 6.07) is 15.2. The molecule has 17 nitrogen and oxygen atoms in total. The van der Waals surface area contributed by atoms with Gasteiger partial charge in [0.25, 0.3) is 0 Å². The number of hydrogen-bond acceptors (Lipinski definition) is 10. The molecule has 2 aliphatic rings. The quantitative estimate of drug-likeness (QED) is 0.0605. The van der Waals surface area contributed by atoms with Crippen molar-refractivity contribution in [2.45, 2.75) is 120 Å². The predicted octanol–water partition coefficient (Wildman–Crippen LogP) is 1.45. The predicted molar refractivity (Wildman–Crippen MR) is 239 cm³/mol. The number of phenols is 1. The Morgan fingerprint density at radius 3 is 1.94 bits per heavy atom. The van der Waals surface area contributed by atoms with Crippen LogP contribution in [0.1, 0.15) is 68.6 Å². The number of nitrogens with one attached hydrogen (secondary N) is 7. The lowest BCUT2D eigenvalue weighted by molar-refractivity contribution is -0.143. The van der Waals surface area contributed by atoms with Crippen LogP contribution >= 0.6 is 0 Å². The molecule has 5 amide bonds. The number of carboxylic acids is 1. The molecule has 64 heavy (non-hydrogen) atoms. The minimum absolute atomic E-state index is 0.00488. The smallest absolute Gasteiger partial charge is 0.326 e. The summed E-state index contributed by atoms with van der Waals surface area (Å²) in [4.78, 5) is 85.9. The van der Waals surface area contributed by atoms with Crippen LogP contribution in [0.2, 0.25) is 0 Å². The van der Waals surface area contributed by atoms with E-state index in [-0.39, 0.29) is 49.3 Å². The third kappa shape index (κ3) is 13.1. The number of aromatic nitrogens is 1. The van der Waals surface area contributed by atoms with Gasteiger partial charge in [-0.3, -0.25) is 24.0 Å². The van der Waals surface area contributed by atoms with Crippen molar-refractivity contribution in [3.63, 3.8) is 0 Å². The van der Waals surface area contributed by atoms with Crippen molar-refractivity contribution < 1.29 is 44.1 Å². The van der Waals surface area contributed by atoms with Crippen molar-refractivity contribution in [3.05, 3.63) is 102 Å². The first-order valence-corrected chi connectivity index (χ1v) is 22.0. The van der Waals surface area contributed by atoms with E-state index in [1.165, 1.54) is 19.1 Å². The first kappa shape index (κ1) is 47.2. The third-order valence-electron chi connectivity index (χ3n) is 12.2. The summed E-state index contributed by atoms with van der Waals surface area (Å²) in [6.45, 7) is 1.94. The number of carbonyl (C=O) groups excluding carboxylic acids is 5. The van der Waals surface area contributed by atoms with Crippen molar-refractivity contribution >= 4 is 46.4 Å². The molecule has 0 unspecified atom stereocenters. The van der Waals surface area contributed by atoms with Gasteiger partial charge in [0.15, 0.2) is 0 Å². The normalized spacial score (nSPS) is 20.1. The molecule has 12 N–H and O–H groups in total. The van der Waals surface area contributed by atoms with Gasteiger partial charge < -0.3 is 57.9 Å². The Kier molecular flexibility index (Phi) is 16.5. The Morgan fingerprint density at radius 2 is 1.28 bits per heavy atom. The molecule has 0 radical (unpaired) electrons. The van der Waals surface area contributed by atoms with E-state index in [1.807, 2.05) is 24.3 Å². The van der Waals surface area contributed by atoms with E-state index in [4.69, 9.17) is 5.73 Å². The fourth-order valence-corrected chi connectivity index (χ4v) is 8.49. The number of aliphatic carboxylic acids is 1. The molecule has 1 saturated carbocycles. The molecule has 342 valence electrons. The summed E-state index contributed by atoms with van der Waals surface area (Å²) >= 11 is 0. The topological polar surface area (TPSA) is 277 Å². The summed E-state index contributed by atoms with van der Waals surface area (Å²) < 4.78 is 0. The monoisotopic (exact) mass is 880 g/mol. The van der Waals surface area contributed by atoms with Crippen molar-refractivity contribution in [2.75, 3.05) is 6.54 Å². The average Bonchev–Trinajstić information content (AvgIpc) is 3.97. The molecule has 1 aliphatic carbocycles. The van der Waals surface area contributed by atoms with Crippen LogP contribution in [0, 0.1) is 5.92 Å². The van der Waals surface area contributed by atoms with Crippen LogP contribution in [-0.2, 0) is 48.0 Å². The molecule has 2 heterocycles. The highest BCUT2D eigenvalue weighted by atomic mass is 16.4. The average molecular weight is 881 g/mol. The van der Waals surface area contributed by atoms with Crippen molar-refractivity contribution in [3.8, 4) is 5.75 Å². The second-order valence-electron chi connectivity index (χ2n) is 17.1. The van der Waals surface area contributed by atoms with E-state index in [0.29, 0.717) is 55.3 Å². The number of carboxylic acid groups (broad SMARTS) is 1. The van der Waals surface area contributed by atoms with Gasteiger partial charge in [-0.15, -0.1) is 0 Å². The van der Waals surface area contributed by atoms with Crippen LogP contribution < -0.4 is 37.6 Å². The summed E-state index contributed by atoms with van der Waals surface area (Å²) in [5, 5.41) is 48.2. The molecular formula is C47H60N8O9. The Morgan fingerprint density at radius 1 is 0.688 bits per heavy atom. The van der Waals surface area contributed by atoms with Gasteiger partial charge >= 0.3 is 5.97 Å². The van der Waals surface area contributed by atoms with Crippen LogP contribution in [0.3, 0.4) is 0 Å². The van der Waals surface area contributed by atoms with Crippen molar-refractivity contribution in [1.82, 2.24) is 36.9 Å². The first-order valence-electron chi connectivity index (χ1n) is 22.0. The molecule has 17 heteroatoms. The van der Waals surface area contributed by atoms with Gasteiger partial charge in [-0.25, -0.2) is 4.79 Å². The molecule has 4 aromatic rings. The van der Waals surface area contributed by atoms with Gasteiger partial charge in [-0.1, -0.05) is 60.7 Å². The van der Waals surface area contributed by atoms with E-state index in [1.54, 1.807) is 48.7 Å². The second-order valence-corrected chi connectivity index (χ2v) is 17.1. The van der Waals surface area contributed by atoms with Crippen LogP contribution in [0.5, 0.6) is 5.75 Å². The van der Waals surface area contributed by atoms with Gasteiger partial charge in [0.1, 0.15) is 36.0 Å². The molecular weight excluding hydrogens is 821 g/mol. The molecule has 2 fully saturated rings. The number of benzene rings is 3. The lowest BCUT2D eigenvalue weighted by Gasteiger charge is -2.31. The SMILES string of the molecule is C[C@@H](O)[C@H](NC(=O)[C@H](CC1CCC(N)CC1)NC(=O)[C@@H](Cc1c[nH]c2ccccc12)NC(=O)[C@H](Cc1ccc(O)cc1)NC(=O)[C@@H]1CCCN1)C(=O)N[C@@H](Cc1ccccc1)C(=O)O. The number of aromatic amines is 1. The number of aliphatic hydroxyl groups excluding tert-OH is 1. The number of hydrogen-bond donors (Lipinski definition) is 11. The number of carbonyl (C=O) groups is 6. The van der Waals surface area contributed by atoms with E-state index < -0.39 is 72.0 Å². The third-order valence-corrected chi connectivity index (χ3v) is 12.2. The highest BCUT2D eigenvalue weighted by Crippen LogP contribution is 2.27. The molecule has 3 aromatic carbocycles. The van der Waals surface area contributed by atoms with E-state index in [0.717, 1.165) is 17.3 Å². The molecule has 1 saturated heterocycles. The van der Waals surface area contributed by atoms with Crippen molar-refractivity contribution in [2.24, 2.45) is 11.7 Å². The number of nitrogens with two attached hydrogens (primary N) is 1. The number of phenolic OH excluding ortho intramolecular Hbond substituents is 1. The molecule has 7 atom stereocenters. The Bertz CT molecular complexity index is 2220. The van der Waals surface area contributed by atoms with Crippen LogP contribution in [0.4, 0.5) is 0 Å². The summed E-state index contributed by atoms with van der Waals surface area (Å²) in [6.07, 6.45) is 4.52. The van der Waals surface area contributed by atoms with Gasteiger partial charge in [-0.05, 0) is 99.2 Å².